The minimum atomic E-state index is -0.838. The van der Waals surface area contributed by atoms with Crippen LogP contribution in [0, 0.1) is 0 Å². The van der Waals surface area contributed by atoms with Crippen molar-refractivity contribution in [2.75, 3.05) is 0 Å². The molecule has 0 bridgehead atoms. The maximum Gasteiger partial charge on any atom is 0.327 e. The predicted molar refractivity (Wildman–Crippen MR) is 154 cm³/mol. The SMILES string of the molecule is O=C(O)C=CCCCCCCCCCCCCCCCCCCCCCCCCCCC=CC(=O)O. The summed E-state index contributed by atoms with van der Waals surface area (Å²) in [6.07, 6.45) is 40.2. The zero-order valence-corrected chi connectivity index (χ0v) is 23.4. The molecule has 4 heteroatoms. The molecule has 0 aliphatic rings. The van der Waals surface area contributed by atoms with Gasteiger partial charge in [0.1, 0.15) is 0 Å². The maximum atomic E-state index is 10.4. The fourth-order valence-electron chi connectivity index (χ4n) is 4.78. The molecule has 210 valence electrons. The second kappa shape index (κ2) is 29.6. The lowest BCUT2D eigenvalue weighted by Crippen LogP contribution is -1.86. The van der Waals surface area contributed by atoms with Crippen LogP contribution < -0.4 is 0 Å². The molecule has 4 nitrogen and oxygen atoms in total. The first-order valence-electron chi connectivity index (χ1n) is 15.4. The molecule has 0 heterocycles. The van der Waals surface area contributed by atoms with Crippen LogP contribution in [0.1, 0.15) is 167 Å². The van der Waals surface area contributed by atoms with E-state index in [1.165, 1.54) is 153 Å². The highest BCUT2D eigenvalue weighted by Crippen LogP contribution is 2.16. The number of hydrogen-bond acceptors (Lipinski definition) is 2. The summed E-state index contributed by atoms with van der Waals surface area (Å²) < 4.78 is 0. The fourth-order valence-corrected chi connectivity index (χ4v) is 4.78. The molecule has 0 radical (unpaired) electrons. The van der Waals surface area contributed by atoms with Crippen molar-refractivity contribution in [2.24, 2.45) is 0 Å². The molecule has 0 saturated carbocycles. The molecular weight excluding hydrogens is 448 g/mol. The van der Waals surface area contributed by atoms with E-state index in [9.17, 15) is 9.59 Å². The molecule has 0 aliphatic carbocycles. The minimum absolute atomic E-state index is 0.838. The molecule has 0 saturated heterocycles. The zero-order chi connectivity index (χ0) is 26.4. The van der Waals surface area contributed by atoms with Gasteiger partial charge in [0.15, 0.2) is 0 Å². The lowest BCUT2D eigenvalue weighted by Gasteiger charge is -2.04. The molecule has 0 aliphatic heterocycles. The van der Waals surface area contributed by atoms with Crippen molar-refractivity contribution in [2.45, 2.75) is 167 Å². The molecule has 0 aromatic heterocycles. The summed E-state index contributed by atoms with van der Waals surface area (Å²) >= 11 is 0. The van der Waals surface area contributed by atoms with Crippen LogP contribution in [0.2, 0.25) is 0 Å². The van der Waals surface area contributed by atoms with E-state index in [0.29, 0.717) is 0 Å². The van der Waals surface area contributed by atoms with Crippen molar-refractivity contribution >= 4 is 11.9 Å². The van der Waals surface area contributed by atoms with Gasteiger partial charge in [0, 0.05) is 12.2 Å². The lowest BCUT2D eigenvalue weighted by atomic mass is 10.0. The van der Waals surface area contributed by atoms with Crippen molar-refractivity contribution in [3.8, 4) is 0 Å². The standard InChI is InChI=1S/C32H58O4/c33-31(34)29-27-25-23-21-19-17-15-13-11-9-7-5-3-1-2-4-6-8-10-12-14-16-18-20-22-24-26-28-30-32(35)36/h27-30H,1-26H2,(H,33,34)(H,35,36). The number of hydrogen-bond donors (Lipinski definition) is 2. The second-order valence-electron chi connectivity index (χ2n) is 10.5. The molecule has 0 unspecified atom stereocenters. The summed E-state index contributed by atoms with van der Waals surface area (Å²) in [6, 6.07) is 0. The van der Waals surface area contributed by atoms with Crippen LogP contribution in [0.5, 0.6) is 0 Å². The van der Waals surface area contributed by atoms with E-state index in [1.807, 2.05) is 0 Å². The average molecular weight is 507 g/mol. The molecule has 0 aromatic rings. The number of carbonyl (C=O) groups is 2. The summed E-state index contributed by atoms with van der Waals surface area (Å²) in [4.78, 5) is 20.7. The molecule has 0 aromatic carbocycles. The summed E-state index contributed by atoms with van der Waals surface area (Å²) in [5, 5.41) is 17.1. The summed E-state index contributed by atoms with van der Waals surface area (Å²) in [6.45, 7) is 0. The van der Waals surface area contributed by atoms with Gasteiger partial charge in [-0.2, -0.15) is 0 Å². The Bertz CT molecular complexity index is 490. The van der Waals surface area contributed by atoms with Crippen LogP contribution in [0.3, 0.4) is 0 Å². The molecular formula is C32H58O4. The number of rotatable bonds is 29. The quantitative estimate of drug-likeness (QED) is 0.0781. The Kier molecular flexibility index (Phi) is 28.3. The summed E-state index contributed by atoms with van der Waals surface area (Å²) in [5.41, 5.74) is 0. The first-order chi connectivity index (χ1) is 17.6. The number of aliphatic carboxylic acids is 2. The Hall–Kier alpha value is -1.58. The van der Waals surface area contributed by atoms with Crippen LogP contribution in [-0.4, -0.2) is 22.2 Å². The van der Waals surface area contributed by atoms with E-state index >= 15 is 0 Å². The monoisotopic (exact) mass is 506 g/mol. The van der Waals surface area contributed by atoms with Gasteiger partial charge in [0.2, 0.25) is 0 Å². The van der Waals surface area contributed by atoms with Crippen LogP contribution in [0.15, 0.2) is 24.3 Å². The van der Waals surface area contributed by atoms with E-state index in [0.717, 1.165) is 25.7 Å². The smallest absolute Gasteiger partial charge is 0.327 e. The number of allylic oxidation sites excluding steroid dienone is 2. The molecule has 36 heavy (non-hydrogen) atoms. The first-order valence-corrected chi connectivity index (χ1v) is 15.4. The van der Waals surface area contributed by atoms with E-state index in [2.05, 4.69) is 0 Å². The van der Waals surface area contributed by atoms with Crippen LogP contribution in [-0.2, 0) is 9.59 Å². The highest BCUT2D eigenvalue weighted by Gasteiger charge is 1.96. The number of unbranched alkanes of at least 4 members (excludes halogenated alkanes) is 25. The average Bonchev–Trinajstić information content (AvgIpc) is 2.85. The Labute approximate surface area is 223 Å². The highest BCUT2D eigenvalue weighted by molar-refractivity contribution is 5.79. The molecule has 0 spiro atoms. The molecule has 0 atom stereocenters. The predicted octanol–water partition coefficient (Wildman–Crippen LogP) is 10.4. The van der Waals surface area contributed by atoms with E-state index in [4.69, 9.17) is 10.2 Å². The Morgan fingerprint density at radius 1 is 0.333 bits per heavy atom. The van der Waals surface area contributed by atoms with Gasteiger partial charge in [-0.25, -0.2) is 9.59 Å². The summed E-state index contributed by atoms with van der Waals surface area (Å²) in [5.74, 6) is -1.68. The lowest BCUT2D eigenvalue weighted by molar-refractivity contribution is -0.132. The van der Waals surface area contributed by atoms with Gasteiger partial charge in [-0.3, -0.25) is 0 Å². The third-order valence-electron chi connectivity index (χ3n) is 7.01. The fraction of sp³-hybridized carbons (Fsp3) is 0.812. The highest BCUT2D eigenvalue weighted by atomic mass is 16.4. The number of carboxylic acid groups (broad SMARTS) is 2. The Balaban J connectivity index is 3.07. The van der Waals surface area contributed by atoms with Crippen molar-refractivity contribution in [3.05, 3.63) is 24.3 Å². The molecule has 0 fully saturated rings. The van der Waals surface area contributed by atoms with Crippen molar-refractivity contribution in [3.63, 3.8) is 0 Å². The van der Waals surface area contributed by atoms with Gasteiger partial charge in [-0.1, -0.05) is 153 Å². The first kappa shape index (κ1) is 34.4. The van der Waals surface area contributed by atoms with E-state index in [-0.39, 0.29) is 0 Å². The van der Waals surface area contributed by atoms with Crippen molar-refractivity contribution in [1.29, 1.82) is 0 Å². The normalized spacial score (nSPS) is 11.7. The largest absolute Gasteiger partial charge is 0.478 e. The zero-order valence-electron chi connectivity index (χ0n) is 23.4. The van der Waals surface area contributed by atoms with Gasteiger partial charge < -0.3 is 10.2 Å². The van der Waals surface area contributed by atoms with Gasteiger partial charge in [-0.15, -0.1) is 0 Å². The van der Waals surface area contributed by atoms with Gasteiger partial charge in [0.05, 0.1) is 0 Å². The topological polar surface area (TPSA) is 74.6 Å². The van der Waals surface area contributed by atoms with Crippen LogP contribution >= 0.6 is 0 Å². The van der Waals surface area contributed by atoms with Crippen molar-refractivity contribution in [1.82, 2.24) is 0 Å². The van der Waals surface area contributed by atoms with Gasteiger partial charge >= 0.3 is 11.9 Å². The Morgan fingerprint density at radius 2 is 0.500 bits per heavy atom. The van der Waals surface area contributed by atoms with Gasteiger partial charge in [-0.05, 0) is 25.7 Å². The summed E-state index contributed by atoms with van der Waals surface area (Å²) in [7, 11) is 0. The third kappa shape index (κ3) is 32.4. The van der Waals surface area contributed by atoms with E-state index < -0.39 is 11.9 Å². The molecule has 0 amide bonds. The maximum absolute atomic E-state index is 10.4. The number of carboxylic acids is 2. The van der Waals surface area contributed by atoms with Crippen LogP contribution in [0.4, 0.5) is 0 Å². The molecule has 0 rings (SSSR count). The van der Waals surface area contributed by atoms with E-state index in [1.54, 1.807) is 12.2 Å². The Morgan fingerprint density at radius 3 is 0.667 bits per heavy atom. The van der Waals surface area contributed by atoms with Crippen molar-refractivity contribution < 1.29 is 19.8 Å². The minimum Gasteiger partial charge on any atom is -0.478 e. The molecule has 2 N–H and O–H groups in total. The van der Waals surface area contributed by atoms with Crippen LogP contribution in [0.25, 0.3) is 0 Å². The van der Waals surface area contributed by atoms with Gasteiger partial charge in [0.25, 0.3) is 0 Å². The third-order valence-corrected chi connectivity index (χ3v) is 7.01. The second-order valence-corrected chi connectivity index (χ2v) is 10.5.